The molecule has 6 heteroatoms. The van der Waals surface area contributed by atoms with Crippen molar-refractivity contribution in [3.05, 3.63) is 100 Å². The van der Waals surface area contributed by atoms with Gasteiger partial charge in [0.1, 0.15) is 11.6 Å². The van der Waals surface area contributed by atoms with E-state index in [0.717, 1.165) is 29.9 Å². The molecule has 0 bridgehead atoms. The summed E-state index contributed by atoms with van der Waals surface area (Å²) in [6, 6.07) is 19.7. The molecule has 5 rings (SSSR count). The molecule has 1 aliphatic rings. The monoisotopic (exact) mass is 441 g/mol. The highest BCUT2D eigenvalue weighted by molar-refractivity contribution is 5.94. The van der Waals surface area contributed by atoms with Crippen LogP contribution in [-0.2, 0) is 13.1 Å². The van der Waals surface area contributed by atoms with Crippen molar-refractivity contribution in [1.29, 1.82) is 0 Å². The number of anilines is 2. The summed E-state index contributed by atoms with van der Waals surface area (Å²) in [5, 5.41) is 13.5. The summed E-state index contributed by atoms with van der Waals surface area (Å²) in [5.41, 5.74) is 5.62. The van der Waals surface area contributed by atoms with E-state index in [9.17, 15) is 14.3 Å². The number of pyridine rings is 1. The molecule has 0 saturated carbocycles. The average molecular weight is 442 g/mol. The smallest absolute Gasteiger partial charge is 0.337 e. The number of carboxylic acids is 1. The van der Waals surface area contributed by atoms with E-state index in [0.29, 0.717) is 16.8 Å². The standard InChI is InChI=1S/C27H24FN3O2/c1-16-11-20-12-21(28)13-23(17(2)29-24-10-6-5-9-22(24)27(32)33)25(20)30-26(16)31-14-18-7-3-4-8-19(18)15-31/h3-13,17,29H,14-15H2,1-2H3,(H,32,33)/t17-/m0/s1. The van der Waals surface area contributed by atoms with Crippen molar-refractivity contribution in [1.82, 2.24) is 4.98 Å². The van der Waals surface area contributed by atoms with Crippen LogP contribution in [-0.4, -0.2) is 16.1 Å². The fourth-order valence-electron chi connectivity index (χ4n) is 4.61. The predicted molar refractivity (Wildman–Crippen MR) is 128 cm³/mol. The lowest BCUT2D eigenvalue weighted by atomic mass is 10.0. The highest BCUT2D eigenvalue weighted by Crippen LogP contribution is 2.34. The maximum absolute atomic E-state index is 14.6. The largest absolute Gasteiger partial charge is 0.478 e. The van der Waals surface area contributed by atoms with Gasteiger partial charge in [-0.05, 0) is 60.9 Å². The maximum Gasteiger partial charge on any atom is 0.337 e. The minimum atomic E-state index is -1.01. The first-order valence-electron chi connectivity index (χ1n) is 10.9. The minimum absolute atomic E-state index is 0.171. The van der Waals surface area contributed by atoms with Crippen molar-refractivity contribution in [3.8, 4) is 0 Å². The molecule has 0 fully saturated rings. The van der Waals surface area contributed by atoms with E-state index in [1.807, 2.05) is 32.0 Å². The van der Waals surface area contributed by atoms with Gasteiger partial charge >= 0.3 is 5.97 Å². The maximum atomic E-state index is 14.6. The Bertz CT molecular complexity index is 1360. The summed E-state index contributed by atoms with van der Waals surface area (Å²) < 4.78 is 14.6. The van der Waals surface area contributed by atoms with E-state index in [2.05, 4.69) is 22.3 Å². The van der Waals surface area contributed by atoms with Gasteiger partial charge in [0.2, 0.25) is 0 Å². The van der Waals surface area contributed by atoms with Crippen LogP contribution in [0.25, 0.3) is 10.9 Å². The number of aromatic carboxylic acids is 1. The molecule has 3 aromatic carbocycles. The Balaban J connectivity index is 1.55. The second kappa shape index (κ2) is 8.20. The van der Waals surface area contributed by atoms with E-state index >= 15 is 0 Å². The van der Waals surface area contributed by atoms with Crippen LogP contribution in [0.3, 0.4) is 0 Å². The molecule has 1 aromatic heterocycles. The number of benzene rings is 3. The first kappa shape index (κ1) is 20.9. The molecule has 0 spiro atoms. The minimum Gasteiger partial charge on any atom is -0.478 e. The Morgan fingerprint density at radius 2 is 1.73 bits per heavy atom. The normalized spacial score (nSPS) is 13.7. The molecule has 166 valence electrons. The van der Waals surface area contributed by atoms with Gasteiger partial charge in [-0.25, -0.2) is 14.2 Å². The van der Waals surface area contributed by atoms with Crippen LogP contribution in [0.4, 0.5) is 15.9 Å². The van der Waals surface area contributed by atoms with Gasteiger partial charge in [-0.3, -0.25) is 0 Å². The van der Waals surface area contributed by atoms with Gasteiger partial charge in [0, 0.05) is 29.7 Å². The van der Waals surface area contributed by atoms with Gasteiger partial charge < -0.3 is 15.3 Å². The van der Waals surface area contributed by atoms with Crippen LogP contribution in [0.1, 0.15) is 45.6 Å². The molecular formula is C27H24FN3O2. The molecule has 1 atom stereocenters. The van der Waals surface area contributed by atoms with E-state index in [-0.39, 0.29) is 17.4 Å². The number of aryl methyl sites for hydroxylation is 1. The third-order valence-electron chi connectivity index (χ3n) is 6.21. The fourth-order valence-corrected chi connectivity index (χ4v) is 4.61. The number of para-hydroxylation sites is 1. The number of nitrogens with zero attached hydrogens (tertiary/aromatic N) is 2. The van der Waals surface area contributed by atoms with Gasteiger partial charge in [-0.1, -0.05) is 36.4 Å². The Kier molecular flexibility index (Phi) is 5.21. The van der Waals surface area contributed by atoms with Crippen molar-refractivity contribution >= 4 is 28.4 Å². The van der Waals surface area contributed by atoms with E-state index in [1.165, 1.54) is 23.3 Å². The quantitative estimate of drug-likeness (QED) is 0.393. The van der Waals surface area contributed by atoms with E-state index < -0.39 is 5.97 Å². The van der Waals surface area contributed by atoms with E-state index in [1.54, 1.807) is 24.3 Å². The second-order valence-corrected chi connectivity index (χ2v) is 8.54. The highest BCUT2D eigenvalue weighted by Gasteiger charge is 2.23. The van der Waals surface area contributed by atoms with Crippen molar-refractivity contribution in [3.63, 3.8) is 0 Å². The lowest BCUT2D eigenvalue weighted by Gasteiger charge is -2.22. The van der Waals surface area contributed by atoms with Gasteiger partial charge in [0.05, 0.1) is 17.1 Å². The summed E-state index contributed by atoms with van der Waals surface area (Å²) in [6.07, 6.45) is 0. The summed E-state index contributed by atoms with van der Waals surface area (Å²) >= 11 is 0. The zero-order valence-electron chi connectivity index (χ0n) is 18.5. The molecule has 2 N–H and O–H groups in total. The first-order chi connectivity index (χ1) is 15.9. The van der Waals surface area contributed by atoms with Crippen molar-refractivity contribution < 1.29 is 14.3 Å². The highest BCUT2D eigenvalue weighted by atomic mass is 19.1. The third kappa shape index (κ3) is 3.89. The molecule has 4 aromatic rings. The van der Waals surface area contributed by atoms with Crippen LogP contribution < -0.4 is 10.2 Å². The van der Waals surface area contributed by atoms with Crippen molar-refractivity contribution in [2.75, 3.05) is 10.2 Å². The number of hydrogen-bond donors (Lipinski definition) is 2. The number of rotatable bonds is 5. The Labute approximate surface area is 191 Å². The molecule has 0 aliphatic carbocycles. The van der Waals surface area contributed by atoms with Crippen molar-refractivity contribution in [2.24, 2.45) is 0 Å². The predicted octanol–water partition coefficient (Wildman–Crippen LogP) is 6.07. The zero-order chi connectivity index (χ0) is 23.1. The number of halogens is 1. The molecule has 5 nitrogen and oxygen atoms in total. The van der Waals surface area contributed by atoms with Crippen molar-refractivity contribution in [2.45, 2.75) is 33.0 Å². The van der Waals surface area contributed by atoms with Crippen LogP contribution in [0, 0.1) is 12.7 Å². The molecule has 0 amide bonds. The first-order valence-corrected chi connectivity index (χ1v) is 10.9. The van der Waals surface area contributed by atoms with Gasteiger partial charge in [-0.15, -0.1) is 0 Å². The molecule has 0 radical (unpaired) electrons. The van der Waals surface area contributed by atoms with Crippen LogP contribution in [0.15, 0.2) is 66.7 Å². The number of carbonyl (C=O) groups is 1. The lowest BCUT2D eigenvalue weighted by Crippen LogP contribution is -2.18. The summed E-state index contributed by atoms with van der Waals surface area (Å²) in [7, 11) is 0. The van der Waals surface area contributed by atoms with Crippen LogP contribution >= 0.6 is 0 Å². The van der Waals surface area contributed by atoms with E-state index in [4.69, 9.17) is 4.98 Å². The summed E-state index contributed by atoms with van der Waals surface area (Å²) in [4.78, 5) is 18.9. The molecule has 2 heterocycles. The third-order valence-corrected chi connectivity index (χ3v) is 6.21. The molecule has 33 heavy (non-hydrogen) atoms. The molecule has 0 saturated heterocycles. The van der Waals surface area contributed by atoms with Gasteiger partial charge in [0.25, 0.3) is 0 Å². The molecular weight excluding hydrogens is 417 g/mol. The Hall–Kier alpha value is -3.93. The SMILES string of the molecule is Cc1cc2cc(F)cc([C@H](C)Nc3ccccc3C(=O)O)c2nc1N1Cc2ccccc2C1. The number of hydrogen-bond acceptors (Lipinski definition) is 4. The number of nitrogens with one attached hydrogen (secondary N) is 1. The Morgan fingerprint density at radius 1 is 1.06 bits per heavy atom. The number of fused-ring (bicyclic) bond motifs is 2. The second-order valence-electron chi connectivity index (χ2n) is 8.54. The average Bonchev–Trinajstić information content (AvgIpc) is 3.22. The number of carboxylic acid groups (broad SMARTS) is 1. The summed E-state index contributed by atoms with van der Waals surface area (Å²) in [6.45, 7) is 5.46. The Morgan fingerprint density at radius 3 is 2.42 bits per heavy atom. The lowest BCUT2D eigenvalue weighted by molar-refractivity contribution is 0.0698. The van der Waals surface area contributed by atoms with Crippen LogP contribution in [0.5, 0.6) is 0 Å². The van der Waals surface area contributed by atoms with Crippen LogP contribution in [0.2, 0.25) is 0 Å². The number of aromatic nitrogens is 1. The van der Waals surface area contributed by atoms with Gasteiger partial charge in [0.15, 0.2) is 0 Å². The fraction of sp³-hybridized carbons (Fsp3) is 0.185. The summed E-state index contributed by atoms with van der Waals surface area (Å²) in [5.74, 6) is -0.482. The molecule has 1 aliphatic heterocycles. The van der Waals surface area contributed by atoms with Gasteiger partial charge in [-0.2, -0.15) is 0 Å². The molecule has 0 unspecified atom stereocenters. The topological polar surface area (TPSA) is 65.5 Å². The zero-order valence-corrected chi connectivity index (χ0v) is 18.5.